The predicted molar refractivity (Wildman–Crippen MR) is 98.1 cm³/mol. The van der Waals surface area contributed by atoms with Crippen molar-refractivity contribution in [2.45, 2.75) is 18.7 Å². The minimum atomic E-state index is -4.10. The van der Waals surface area contributed by atoms with Gasteiger partial charge in [0.15, 0.2) is 0 Å². The number of nitrogens with two attached hydrogens (primary N) is 1. The monoisotopic (exact) mass is 393 g/mol. The minimum absolute atomic E-state index is 0.0617. The van der Waals surface area contributed by atoms with Crippen molar-refractivity contribution in [3.8, 4) is 0 Å². The van der Waals surface area contributed by atoms with Crippen molar-refractivity contribution in [2.75, 3.05) is 5.43 Å². The zero-order valence-corrected chi connectivity index (χ0v) is 15.1. The molecule has 11 nitrogen and oxygen atoms in total. The van der Waals surface area contributed by atoms with Crippen LogP contribution in [-0.4, -0.2) is 24.0 Å². The molecule has 2 aromatic carbocycles. The number of anilines is 1. The van der Waals surface area contributed by atoms with Gasteiger partial charge in [0.2, 0.25) is 10.0 Å². The molecule has 0 aromatic heterocycles. The second-order valence-electron chi connectivity index (χ2n) is 5.55. The fraction of sp³-hybridized carbons (Fsp3) is 0.133. The molecule has 0 bridgehead atoms. The number of nitrogens with one attached hydrogen (secondary N) is 1. The van der Waals surface area contributed by atoms with Gasteiger partial charge in [-0.2, -0.15) is 5.10 Å². The summed E-state index contributed by atoms with van der Waals surface area (Å²) in [4.78, 5) is 20.5. The molecule has 0 amide bonds. The molecule has 27 heavy (non-hydrogen) atoms. The van der Waals surface area contributed by atoms with Crippen LogP contribution in [0.1, 0.15) is 18.1 Å². The van der Waals surface area contributed by atoms with Gasteiger partial charge in [-0.1, -0.05) is 12.1 Å². The summed E-state index contributed by atoms with van der Waals surface area (Å²) in [5.74, 6) is 0. The average molecular weight is 393 g/mol. The first-order valence-electron chi connectivity index (χ1n) is 7.37. The first kappa shape index (κ1) is 19.9. The molecular weight excluding hydrogens is 378 g/mol. The molecule has 0 unspecified atom stereocenters. The Balaban J connectivity index is 2.38. The van der Waals surface area contributed by atoms with E-state index in [2.05, 4.69) is 10.5 Å². The standard InChI is InChI=1S/C15H15N5O6S/c1-9-3-4-11(7-14(9)19(21)22)10(2)17-18-13-6-5-12(27(16,25)26)8-15(13)20(23)24/h3-8,18H,1-2H3,(H2,16,25,26)/b17-10+. The van der Waals surface area contributed by atoms with Crippen LogP contribution in [0.3, 0.4) is 0 Å². The third-order valence-corrected chi connectivity index (χ3v) is 4.57. The van der Waals surface area contributed by atoms with Crippen molar-refractivity contribution >= 4 is 32.8 Å². The summed E-state index contributed by atoms with van der Waals surface area (Å²) < 4.78 is 22.7. The number of sulfonamides is 1. The van der Waals surface area contributed by atoms with E-state index in [1.807, 2.05) is 0 Å². The van der Waals surface area contributed by atoms with Gasteiger partial charge in [-0.25, -0.2) is 13.6 Å². The highest BCUT2D eigenvalue weighted by Crippen LogP contribution is 2.27. The molecule has 12 heteroatoms. The number of benzene rings is 2. The number of hydrogen-bond donors (Lipinski definition) is 2. The van der Waals surface area contributed by atoms with Crippen molar-refractivity contribution in [2.24, 2.45) is 10.2 Å². The van der Waals surface area contributed by atoms with Crippen LogP contribution in [0.2, 0.25) is 0 Å². The Morgan fingerprint density at radius 2 is 1.70 bits per heavy atom. The maximum atomic E-state index is 11.3. The SMILES string of the molecule is C/C(=N\Nc1ccc(S(N)(=O)=O)cc1[N+](=O)[O-])c1ccc(C)c([N+](=O)[O-])c1. The van der Waals surface area contributed by atoms with E-state index in [0.717, 1.165) is 18.2 Å². The second-order valence-corrected chi connectivity index (χ2v) is 7.11. The summed E-state index contributed by atoms with van der Waals surface area (Å²) in [7, 11) is -4.10. The van der Waals surface area contributed by atoms with Gasteiger partial charge in [-0.15, -0.1) is 0 Å². The molecule has 0 atom stereocenters. The molecule has 142 valence electrons. The van der Waals surface area contributed by atoms with E-state index in [1.54, 1.807) is 26.0 Å². The third-order valence-electron chi connectivity index (χ3n) is 3.66. The highest BCUT2D eigenvalue weighted by atomic mass is 32.2. The smallest absolute Gasteiger partial charge is 0.271 e. The lowest BCUT2D eigenvalue weighted by Crippen LogP contribution is -2.12. The zero-order chi connectivity index (χ0) is 20.4. The average Bonchev–Trinajstić information content (AvgIpc) is 2.58. The molecule has 0 radical (unpaired) electrons. The topological polar surface area (TPSA) is 171 Å². The van der Waals surface area contributed by atoms with Crippen molar-refractivity contribution in [3.05, 3.63) is 67.8 Å². The molecule has 0 saturated carbocycles. The quantitative estimate of drug-likeness (QED) is 0.430. The molecule has 0 spiro atoms. The van der Waals surface area contributed by atoms with Crippen LogP contribution < -0.4 is 10.6 Å². The van der Waals surface area contributed by atoms with Crippen LogP contribution in [0.25, 0.3) is 0 Å². The van der Waals surface area contributed by atoms with E-state index < -0.39 is 30.5 Å². The molecule has 0 aliphatic heterocycles. The highest BCUT2D eigenvalue weighted by molar-refractivity contribution is 7.89. The van der Waals surface area contributed by atoms with Crippen molar-refractivity contribution < 1.29 is 18.3 Å². The normalized spacial score (nSPS) is 11.9. The van der Waals surface area contributed by atoms with E-state index in [0.29, 0.717) is 16.8 Å². The third kappa shape index (κ3) is 4.62. The van der Waals surface area contributed by atoms with E-state index in [1.165, 1.54) is 6.07 Å². The number of aryl methyl sites for hydroxylation is 1. The van der Waals surface area contributed by atoms with Crippen LogP contribution in [0.15, 0.2) is 46.4 Å². The van der Waals surface area contributed by atoms with Crippen LogP contribution in [0, 0.1) is 27.2 Å². The summed E-state index contributed by atoms with van der Waals surface area (Å²) in [6.45, 7) is 3.16. The van der Waals surface area contributed by atoms with Gasteiger partial charge in [-0.05, 0) is 26.0 Å². The van der Waals surface area contributed by atoms with Crippen LogP contribution in [-0.2, 0) is 10.0 Å². The van der Waals surface area contributed by atoms with Gasteiger partial charge in [-0.3, -0.25) is 25.7 Å². The fourth-order valence-electron chi connectivity index (χ4n) is 2.17. The van der Waals surface area contributed by atoms with Gasteiger partial charge in [0.25, 0.3) is 11.4 Å². The lowest BCUT2D eigenvalue weighted by molar-refractivity contribution is -0.385. The van der Waals surface area contributed by atoms with Crippen LogP contribution >= 0.6 is 0 Å². The molecule has 0 fully saturated rings. The lowest BCUT2D eigenvalue weighted by atomic mass is 10.1. The second kappa shape index (κ2) is 7.47. The Hall–Kier alpha value is -3.38. The summed E-state index contributed by atoms with van der Waals surface area (Å²) in [5.41, 5.74) is 3.07. The Kier molecular flexibility index (Phi) is 5.52. The maximum Gasteiger partial charge on any atom is 0.295 e. The van der Waals surface area contributed by atoms with Gasteiger partial charge < -0.3 is 0 Å². The maximum absolute atomic E-state index is 11.3. The Labute approximate surface area is 153 Å². The summed E-state index contributed by atoms with van der Waals surface area (Å²) in [6.07, 6.45) is 0. The van der Waals surface area contributed by atoms with E-state index >= 15 is 0 Å². The van der Waals surface area contributed by atoms with Gasteiger partial charge in [0.1, 0.15) is 5.69 Å². The lowest BCUT2D eigenvalue weighted by Gasteiger charge is -2.07. The molecule has 2 aromatic rings. The van der Waals surface area contributed by atoms with Crippen molar-refractivity contribution in [1.29, 1.82) is 0 Å². The van der Waals surface area contributed by atoms with Crippen molar-refractivity contribution in [1.82, 2.24) is 0 Å². The molecular formula is C15H15N5O6S. The number of rotatable bonds is 6. The number of nitro benzene ring substituents is 2. The zero-order valence-electron chi connectivity index (χ0n) is 14.2. The Bertz CT molecular complexity index is 1060. The summed E-state index contributed by atoms with van der Waals surface area (Å²) in [6, 6.07) is 7.61. The first-order valence-corrected chi connectivity index (χ1v) is 8.92. The van der Waals surface area contributed by atoms with E-state index in [-0.39, 0.29) is 11.4 Å². The predicted octanol–water partition coefficient (Wildman–Crippen LogP) is 2.29. The largest absolute Gasteiger partial charge is 0.295 e. The number of hydrogen-bond acceptors (Lipinski definition) is 8. The Morgan fingerprint density at radius 3 is 2.26 bits per heavy atom. The molecule has 0 saturated heterocycles. The van der Waals surface area contributed by atoms with E-state index in [9.17, 15) is 28.6 Å². The number of hydrazone groups is 1. The molecule has 0 heterocycles. The van der Waals surface area contributed by atoms with Gasteiger partial charge >= 0.3 is 0 Å². The van der Waals surface area contributed by atoms with Gasteiger partial charge in [0.05, 0.1) is 20.5 Å². The summed E-state index contributed by atoms with van der Waals surface area (Å²) >= 11 is 0. The van der Waals surface area contributed by atoms with Gasteiger partial charge in [0, 0.05) is 23.3 Å². The first-order chi connectivity index (χ1) is 12.5. The fourth-order valence-corrected chi connectivity index (χ4v) is 2.71. The number of nitrogens with zero attached hydrogens (tertiary/aromatic N) is 3. The van der Waals surface area contributed by atoms with Crippen LogP contribution in [0.5, 0.6) is 0 Å². The van der Waals surface area contributed by atoms with E-state index in [4.69, 9.17) is 5.14 Å². The highest BCUT2D eigenvalue weighted by Gasteiger charge is 2.19. The van der Waals surface area contributed by atoms with Crippen molar-refractivity contribution in [3.63, 3.8) is 0 Å². The van der Waals surface area contributed by atoms with Crippen LogP contribution in [0.4, 0.5) is 17.1 Å². The molecule has 3 N–H and O–H groups in total. The summed E-state index contributed by atoms with van der Waals surface area (Å²) in [5, 5.41) is 31.2. The number of primary sulfonamides is 1. The number of nitro groups is 2. The molecule has 0 aliphatic carbocycles. The molecule has 2 rings (SSSR count). The molecule has 0 aliphatic rings. The minimum Gasteiger partial charge on any atom is -0.271 e. The Morgan fingerprint density at radius 1 is 1.07 bits per heavy atom.